The van der Waals surface area contributed by atoms with Crippen LogP contribution in [-0.4, -0.2) is 44.4 Å². The molecule has 2 aromatic rings. The second kappa shape index (κ2) is 5.73. The molecule has 2 aromatic heterocycles. The van der Waals surface area contributed by atoms with E-state index < -0.39 is 0 Å². The lowest BCUT2D eigenvalue weighted by atomic mass is 9.95. The normalized spacial score (nSPS) is 24.6. The Labute approximate surface area is 141 Å². The zero-order chi connectivity index (χ0) is 16.8. The first-order valence-electron chi connectivity index (χ1n) is 8.51. The lowest BCUT2D eigenvalue weighted by Gasteiger charge is -2.39. The van der Waals surface area contributed by atoms with Gasteiger partial charge in [0.2, 0.25) is 5.91 Å². The van der Waals surface area contributed by atoms with Gasteiger partial charge in [0.1, 0.15) is 5.76 Å². The fourth-order valence-electron chi connectivity index (χ4n) is 4.15. The molecule has 1 amide bonds. The fraction of sp³-hybridized carbons (Fsp3) is 0.588. The van der Waals surface area contributed by atoms with Crippen molar-refractivity contribution in [3.8, 4) is 0 Å². The Kier molecular flexibility index (Phi) is 3.68. The van der Waals surface area contributed by atoms with Crippen LogP contribution in [0.1, 0.15) is 36.3 Å². The highest BCUT2D eigenvalue weighted by Gasteiger charge is 2.44. The van der Waals surface area contributed by atoms with E-state index >= 15 is 0 Å². The molecule has 2 aliphatic heterocycles. The Morgan fingerprint density at radius 3 is 2.79 bits per heavy atom. The van der Waals surface area contributed by atoms with E-state index in [4.69, 9.17) is 4.52 Å². The number of aryl methyl sites for hydroxylation is 3. The molecular formula is C17H23N5O2. The third-order valence-corrected chi connectivity index (χ3v) is 5.39. The maximum atomic E-state index is 12.5. The quantitative estimate of drug-likeness (QED) is 0.859. The van der Waals surface area contributed by atoms with E-state index in [1.165, 1.54) is 5.56 Å². The van der Waals surface area contributed by atoms with Crippen molar-refractivity contribution in [2.24, 2.45) is 7.05 Å². The molecule has 128 valence electrons. The summed E-state index contributed by atoms with van der Waals surface area (Å²) in [6, 6.07) is 0.618. The molecular weight excluding hydrogens is 306 g/mol. The van der Waals surface area contributed by atoms with E-state index in [0.717, 1.165) is 43.1 Å². The summed E-state index contributed by atoms with van der Waals surface area (Å²) in [4.78, 5) is 17.0. The predicted octanol–water partition coefficient (Wildman–Crippen LogP) is 1.79. The van der Waals surface area contributed by atoms with Gasteiger partial charge in [0, 0.05) is 44.4 Å². The highest BCUT2D eigenvalue weighted by atomic mass is 16.5. The number of amides is 1. The average Bonchev–Trinajstić information content (AvgIpc) is 3.23. The minimum Gasteiger partial charge on any atom is -0.361 e. The number of carbonyl (C=O) groups excluding carboxylic acids is 1. The van der Waals surface area contributed by atoms with E-state index in [-0.39, 0.29) is 11.9 Å². The van der Waals surface area contributed by atoms with Crippen molar-refractivity contribution >= 4 is 11.6 Å². The molecule has 0 saturated carbocycles. The van der Waals surface area contributed by atoms with Crippen molar-refractivity contribution in [1.82, 2.24) is 19.8 Å². The SMILES string of the molecule is Cc1noc(C)c1CN1CC[C@@H]2[C@H]1CCC(=O)N2c1cnn(C)c1. The Bertz CT molecular complexity index is 745. The second-order valence-corrected chi connectivity index (χ2v) is 6.87. The maximum Gasteiger partial charge on any atom is 0.227 e. The van der Waals surface area contributed by atoms with Gasteiger partial charge in [-0.3, -0.25) is 14.4 Å². The zero-order valence-corrected chi connectivity index (χ0v) is 14.4. The van der Waals surface area contributed by atoms with E-state index in [9.17, 15) is 4.79 Å². The number of anilines is 1. The van der Waals surface area contributed by atoms with Crippen LogP contribution in [0.4, 0.5) is 5.69 Å². The molecule has 0 N–H and O–H groups in total. The first kappa shape index (κ1) is 15.4. The van der Waals surface area contributed by atoms with E-state index in [0.29, 0.717) is 12.5 Å². The van der Waals surface area contributed by atoms with Gasteiger partial charge in [0.25, 0.3) is 0 Å². The smallest absolute Gasteiger partial charge is 0.227 e. The van der Waals surface area contributed by atoms with Crippen LogP contribution in [0.3, 0.4) is 0 Å². The molecule has 0 spiro atoms. The molecule has 0 aromatic carbocycles. The minimum atomic E-state index is 0.212. The third-order valence-electron chi connectivity index (χ3n) is 5.39. The van der Waals surface area contributed by atoms with Crippen LogP contribution in [0.2, 0.25) is 0 Å². The highest BCUT2D eigenvalue weighted by Crippen LogP contribution is 2.35. The number of likely N-dealkylation sites (tertiary alicyclic amines) is 1. The van der Waals surface area contributed by atoms with Crippen LogP contribution in [0.5, 0.6) is 0 Å². The number of carbonyl (C=O) groups is 1. The number of aromatic nitrogens is 3. The molecule has 7 heteroatoms. The predicted molar refractivity (Wildman–Crippen MR) is 88.5 cm³/mol. The average molecular weight is 329 g/mol. The first-order valence-corrected chi connectivity index (χ1v) is 8.51. The molecule has 2 aliphatic rings. The standard InChI is InChI=1S/C17H23N5O2/c1-11-14(12(2)24-19-11)10-21-7-6-16-15(21)4-5-17(23)22(16)13-8-18-20(3)9-13/h8-9,15-16H,4-7,10H2,1-3H3/t15-,16-/m1/s1. The molecule has 0 unspecified atom stereocenters. The largest absolute Gasteiger partial charge is 0.361 e. The van der Waals surface area contributed by atoms with Gasteiger partial charge in [-0.05, 0) is 26.7 Å². The number of hydrogen-bond acceptors (Lipinski definition) is 5. The molecule has 4 heterocycles. The van der Waals surface area contributed by atoms with Crippen LogP contribution in [-0.2, 0) is 18.4 Å². The summed E-state index contributed by atoms with van der Waals surface area (Å²) in [6.45, 7) is 5.79. The molecule has 7 nitrogen and oxygen atoms in total. The van der Waals surface area contributed by atoms with Crippen LogP contribution in [0.15, 0.2) is 16.9 Å². The number of piperidine rings is 1. The van der Waals surface area contributed by atoms with Crippen LogP contribution in [0.25, 0.3) is 0 Å². The Morgan fingerprint density at radius 1 is 1.29 bits per heavy atom. The van der Waals surface area contributed by atoms with Gasteiger partial charge < -0.3 is 9.42 Å². The van der Waals surface area contributed by atoms with Crippen molar-refractivity contribution in [2.75, 3.05) is 11.4 Å². The monoisotopic (exact) mass is 329 g/mol. The van der Waals surface area contributed by atoms with Crippen molar-refractivity contribution < 1.29 is 9.32 Å². The van der Waals surface area contributed by atoms with E-state index in [2.05, 4.69) is 15.2 Å². The Balaban J connectivity index is 1.57. The van der Waals surface area contributed by atoms with E-state index in [1.807, 2.05) is 32.0 Å². The summed E-state index contributed by atoms with van der Waals surface area (Å²) in [6.07, 6.45) is 6.22. The summed E-state index contributed by atoms with van der Waals surface area (Å²) < 4.78 is 7.05. The van der Waals surface area contributed by atoms with Crippen molar-refractivity contribution in [3.05, 3.63) is 29.4 Å². The summed E-state index contributed by atoms with van der Waals surface area (Å²) in [5.74, 6) is 1.11. The molecule has 0 aliphatic carbocycles. The summed E-state index contributed by atoms with van der Waals surface area (Å²) >= 11 is 0. The lowest BCUT2D eigenvalue weighted by Crippen LogP contribution is -2.52. The fourth-order valence-corrected chi connectivity index (χ4v) is 4.15. The number of nitrogens with zero attached hydrogens (tertiary/aromatic N) is 5. The van der Waals surface area contributed by atoms with Crippen molar-refractivity contribution in [2.45, 2.75) is 51.7 Å². The van der Waals surface area contributed by atoms with Gasteiger partial charge in [0.05, 0.1) is 23.6 Å². The molecule has 2 fully saturated rings. The summed E-state index contributed by atoms with van der Waals surface area (Å²) in [5, 5.41) is 8.29. The lowest BCUT2D eigenvalue weighted by molar-refractivity contribution is -0.120. The Morgan fingerprint density at radius 2 is 2.12 bits per heavy atom. The number of fused-ring (bicyclic) bond motifs is 1. The van der Waals surface area contributed by atoms with Gasteiger partial charge in [0.15, 0.2) is 0 Å². The maximum absolute atomic E-state index is 12.5. The van der Waals surface area contributed by atoms with Crippen LogP contribution in [0, 0.1) is 13.8 Å². The molecule has 24 heavy (non-hydrogen) atoms. The molecule has 4 rings (SSSR count). The van der Waals surface area contributed by atoms with Gasteiger partial charge in [-0.15, -0.1) is 0 Å². The molecule has 0 radical (unpaired) electrons. The van der Waals surface area contributed by atoms with Gasteiger partial charge in [-0.25, -0.2) is 0 Å². The molecule has 0 bridgehead atoms. The zero-order valence-electron chi connectivity index (χ0n) is 14.4. The van der Waals surface area contributed by atoms with Crippen molar-refractivity contribution in [3.63, 3.8) is 0 Å². The van der Waals surface area contributed by atoms with Gasteiger partial charge in [-0.1, -0.05) is 5.16 Å². The van der Waals surface area contributed by atoms with Crippen LogP contribution < -0.4 is 4.90 Å². The second-order valence-electron chi connectivity index (χ2n) is 6.87. The first-order chi connectivity index (χ1) is 11.5. The minimum absolute atomic E-state index is 0.212. The van der Waals surface area contributed by atoms with Crippen LogP contribution >= 0.6 is 0 Å². The summed E-state index contributed by atoms with van der Waals surface area (Å²) in [7, 11) is 1.88. The highest BCUT2D eigenvalue weighted by molar-refractivity contribution is 5.94. The van der Waals surface area contributed by atoms with E-state index in [1.54, 1.807) is 10.9 Å². The van der Waals surface area contributed by atoms with Crippen molar-refractivity contribution in [1.29, 1.82) is 0 Å². The summed E-state index contributed by atoms with van der Waals surface area (Å²) in [5.41, 5.74) is 3.06. The van der Waals surface area contributed by atoms with Gasteiger partial charge in [-0.2, -0.15) is 5.10 Å². The number of rotatable bonds is 3. The number of hydrogen-bond donors (Lipinski definition) is 0. The third kappa shape index (κ3) is 2.43. The Hall–Kier alpha value is -2.15. The molecule has 2 saturated heterocycles. The topological polar surface area (TPSA) is 67.4 Å². The molecule has 2 atom stereocenters. The van der Waals surface area contributed by atoms with Gasteiger partial charge >= 0.3 is 0 Å².